The van der Waals surface area contributed by atoms with Gasteiger partial charge < -0.3 is 4.90 Å². The summed E-state index contributed by atoms with van der Waals surface area (Å²) in [5, 5.41) is 0. The van der Waals surface area contributed by atoms with E-state index in [0.717, 1.165) is 18.7 Å². The summed E-state index contributed by atoms with van der Waals surface area (Å²) in [6.07, 6.45) is 0. The van der Waals surface area contributed by atoms with Gasteiger partial charge in [0.2, 0.25) is 0 Å². The molecule has 0 fully saturated rings. The lowest BCUT2D eigenvalue weighted by atomic mass is 10.2. The number of carbonyl (C=O) groups is 1. The maximum absolute atomic E-state index is 12.2. The highest BCUT2D eigenvalue weighted by atomic mass is 79.9. The molecule has 0 spiro atoms. The minimum atomic E-state index is 0.0373. The van der Waals surface area contributed by atoms with Gasteiger partial charge in [0, 0.05) is 18.1 Å². The van der Waals surface area contributed by atoms with Crippen molar-refractivity contribution in [3.8, 4) is 0 Å². The van der Waals surface area contributed by atoms with Crippen LogP contribution in [0.3, 0.4) is 0 Å². The van der Waals surface area contributed by atoms with Crippen LogP contribution in [-0.2, 0) is 6.54 Å². The summed E-state index contributed by atoms with van der Waals surface area (Å²) in [4.78, 5) is 14.7. The third-order valence-corrected chi connectivity index (χ3v) is 5.71. The first-order valence-corrected chi connectivity index (χ1v) is 7.72. The van der Waals surface area contributed by atoms with Gasteiger partial charge in [0.15, 0.2) is 0 Å². The van der Waals surface area contributed by atoms with Gasteiger partial charge >= 0.3 is 0 Å². The molecule has 18 heavy (non-hydrogen) atoms. The SMILES string of the molecule is CN(Cc1ccccc1)C(=O)c1cc(Br)c(Br)s1. The van der Waals surface area contributed by atoms with Crippen LogP contribution in [0.5, 0.6) is 0 Å². The minimum absolute atomic E-state index is 0.0373. The Balaban J connectivity index is 2.09. The zero-order chi connectivity index (χ0) is 13.1. The number of hydrogen-bond donors (Lipinski definition) is 0. The quantitative estimate of drug-likeness (QED) is 0.755. The largest absolute Gasteiger partial charge is 0.337 e. The van der Waals surface area contributed by atoms with Gasteiger partial charge in [-0.05, 0) is 43.5 Å². The van der Waals surface area contributed by atoms with Crippen LogP contribution in [0.2, 0.25) is 0 Å². The van der Waals surface area contributed by atoms with E-state index in [1.807, 2.05) is 43.4 Å². The molecule has 0 bridgehead atoms. The Morgan fingerprint density at radius 2 is 1.94 bits per heavy atom. The standard InChI is InChI=1S/C13H11Br2NOS/c1-16(8-9-5-3-2-4-6-9)13(17)11-7-10(14)12(15)18-11/h2-7H,8H2,1H3. The van der Waals surface area contributed by atoms with Crippen molar-refractivity contribution < 1.29 is 4.79 Å². The molecule has 0 aliphatic carbocycles. The highest BCUT2D eigenvalue weighted by molar-refractivity contribution is 9.13. The highest BCUT2D eigenvalue weighted by Gasteiger charge is 2.16. The van der Waals surface area contributed by atoms with Crippen molar-refractivity contribution in [3.63, 3.8) is 0 Å². The van der Waals surface area contributed by atoms with Gasteiger partial charge in [-0.15, -0.1) is 11.3 Å². The van der Waals surface area contributed by atoms with Crippen molar-refractivity contribution in [1.29, 1.82) is 0 Å². The highest BCUT2D eigenvalue weighted by Crippen LogP contribution is 2.32. The van der Waals surface area contributed by atoms with Gasteiger partial charge in [-0.3, -0.25) is 4.79 Å². The smallest absolute Gasteiger partial charge is 0.264 e. The molecule has 0 N–H and O–H groups in total. The molecule has 2 nitrogen and oxygen atoms in total. The van der Waals surface area contributed by atoms with Crippen LogP contribution in [0.1, 0.15) is 15.2 Å². The van der Waals surface area contributed by atoms with Gasteiger partial charge in [-0.2, -0.15) is 0 Å². The Bertz CT molecular complexity index is 534. The lowest BCUT2D eigenvalue weighted by Gasteiger charge is -2.16. The molecule has 0 radical (unpaired) electrons. The minimum Gasteiger partial charge on any atom is -0.337 e. The summed E-state index contributed by atoms with van der Waals surface area (Å²) in [6, 6.07) is 11.8. The van der Waals surface area contributed by atoms with Gasteiger partial charge in [-0.25, -0.2) is 0 Å². The van der Waals surface area contributed by atoms with E-state index < -0.39 is 0 Å². The van der Waals surface area contributed by atoms with E-state index in [0.29, 0.717) is 6.54 Å². The number of thiophene rings is 1. The molecule has 0 unspecified atom stereocenters. The molecule has 0 atom stereocenters. The number of nitrogens with zero attached hydrogens (tertiary/aromatic N) is 1. The molecule has 0 saturated heterocycles. The van der Waals surface area contributed by atoms with E-state index in [1.165, 1.54) is 11.3 Å². The van der Waals surface area contributed by atoms with Crippen molar-refractivity contribution in [3.05, 3.63) is 55.1 Å². The maximum Gasteiger partial charge on any atom is 0.264 e. The Morgan fingerprint density at radius 3 is 2.50 bits per heavy atom. The van der Waals surface area contributed by atoms with E-state index in [-0.39, 0.29) is 5.91 Å². The van der Waals surface area contributed by atoms with Gasteiger partial charge in [-0.1, -0.05) is 30.3 Å². The molecule has 1 aromatic carbocycles. The number of carbonyl (C=O) groups excluding carboxylic acids is 1. The third-order valence-electron chi connectivity index (χ3n) is 2.47. The maximum atomic E-state index is 12.2. The molecule has 0 saturated carbocycles. The molecular formula is C13H11Br2NOS. The second-order valence-electron chi connectivity index (χ2n) is 3.88. The van der Waals surface area contributed by atoms with Crippen LogP contribution in [-0.4, -0.2) is 17.9 Å². The molecule has 2 rings (SSSR count). The average Bonchev–Trinajstić information content (AvgIpc) is 2.70. The summed E-state index contributed by atoms with van der Waals surface area (Å²) in [5.74, 6) is 0.0373. The number of rotatable bonds is 3. The number of hydrogen-bond acceptors (Lipinski definition) is 2. The van der Waals surface area contributed by atoms with Crippen LogP contribution in [0.4, 0.5) is 0 Å². The van der Waals surface area contributed by atoms with Crippen LogP contribution in [0, 0.1) is 0 Å². The fourth-order valence-corrected chi connectivity index (χ4v) is 3.60. The first kappa shape index (κ1) is 13.8. The van der Waals surface area contributed by atoms with E-state index in [2.05, 4.69) is 31.9 Å². The second-order valence-corrected chi connectivity index (χ2v) is 7.10. The predicted octanol–water partition coefficient (Wildman–Crippen LogP) is 4.55. The lowest BCUT2D eigenvalue weighted by molar-refractivity contribution is 0.0790. The molecule has 94 valence electrons. The summed E-state index contributed by atoms with van der Waals surface area (Å²) < 4.78 is 1.86. The molecule has 0 aliphatic heterocycles. The van der Waals surface area contributed by atoms with Crippen LogP contribution in [0.15, 0.2) is 44.7 Å². The first-order chi connectivity index (χ1) is 8.58. The zero-order valence-corrected chi connectivity index (χ0v) is 13.7. The predicted molar refractivity (Wildman–Crippen MR) is 82.0 cm³/mol. The summed E-state index contributed by atoms with van der Waals surface area (Å²) in [5.41, 5.74) is 1.13. The topological polar surface area (TPSA) is 20.3 Å². The van der Waals surface area contributed by atoms with Crippen molar-refractivity contribution in [1.82, 2.24) is 4.90 Å². The van der Waals surface area contributed by atoms with Gasteiger partial charge in [0.05, 0.1) is 8.66 Å². The Morgan fingerprint density at radius 1 is 1.28 bits per heavy atom. The third kappa shape index (κ3) is 3.22. The molecule has 0 aliphatic rings. The van der Waals surface area contributed by atoms with E-state index in [4.69, 9.17) is 0 Å². The van der Waals surface area contributed by atoms with Crippen molar-refractivity contribution in [2.45, 2.75) is 6.54 Å². The average molecular weight is 389 g/mol. The summed E-state index contributed by atoms with van der Waals surface area (Å²) in [6.45, 7) is 0.618. The van der Waals surface area contributed by atoms with Crippen molar-refractivity contribution in [2.75, 3.05) is 7.05 Å². The Hall–Kier alpha value is -0.650. The number of benzene rings is 1. The Kier molecular flexibility index (Phi) is 4.59. The van der Waals surface area contributed by atoms with Crippen LogP contribution in [0.25, 0.3) is 0 Å². The molecule has 1 heterocycles. The second kappa shape index (κ2) is 5.99. The number of amides is 1. The lowest BCUT2D eigenvalue weighted by Crippen LogP contribution is -2.25. The zero-order valence-electron chi connectivity index (χ0n) is 9.69. The molecule has 1 amide bonds. The number of halogens is 2. The van der Waals surface area contributed by atoms with E-state index >= 15 is 0 Å². The molecule has 5 heteroatoms. The van der Waals surface area contributed by atoms with Gasteiger partial charge in [0.1, 0.15) is 0 Å². The fourth-order valence-electron chi connectivity index (χ4n) is 1.57. The van der Waals surface area contributed by atoms with Crippen LogP contribution >= 0.6 is 43.2 Å². The van der Waals surface area contributed by atoms with Crippen molar-refractivity contribution in [2.24, 2.45) is 0 Å². The monoisotopic (exact) mass is 387 g/mol. The van der Waals surface area contributed by atoms with Gasteiger partial charge in [0.25, 0.3) is 5.91 Å². The fraction of sp³-hybridized carbons (Fsp3) is 0.154. The summed E-state index contributed by atoms with van der Waals surface area (Å²) in [7, 11) is 1.82. The van der Waals surface area contributed by atoms with Crippen LogP contribution < -0.4 is 0 Å². The molecule has 2 aromatic rings. The normalized spacial score (nSPS) is 10.4. The molecular weight excluding hydrogens is 378 g/mol. The first-order valence-electron chi connectivity index (χ1n) is 5.32. The van der Waals surface area contributed by atoms with Crippen molar-refractivity contribution >= 4 is 49.1 Å². The summed E-state index contributed by atoms with van der Waals surface area (Å²) >= 11 is 8.23. The molecule has 1 aromatic heterocycles. The van der Waals surface area contributed by atoms with E-state index in [9.17, 15) is 4.79 Å². The Labute approximate surface area is 127 Å². The van der Waals surface area contributed by atoms with E-state index in [1.54, 1.807) is 4.90 Å².